The minimum Gasteiger partial charge on any atom is -0.433 e. The number of halogens is 5. The third-order valence-corrected chi connectivity index (χ3v) is 5.86. The zero-order chi connectivity index (χ0) is 23.6. The zero-order valence-corrected chi connectivity index (χ0v) is 17.7. The maximum atomic E-state index is 12.9. The molecule has 0 bridgehead atoms. The summed E-state index contributed by atoms with van der Waals surface area (Å²) in [6.07, 6.45) is -4.48. The number of hydrogen-bond acceptors (Lipinski definition) is 7. The van der Waals surface area contributed by atoms with Gasteiger partial charge in [-0.3, -0.25) is 9.69 Å². The van der Waals surface area contributed by atoms with E-state index in [-0.39, 0.29) is 40.4 Å². The van der Waals surface area contributed by atoms with Crippen molar-refractivity contribution in [1.29, 1.82) is 0 Å². The van der Waals surface area contributed by atoms with Gasteiger partial charge in [-0.05, 0) is 23.6 Å². The number of benzene rings is 1. The fraction of sp³-hybridized carbons (Fsp3) is 0.350. The van der Waals surface area contributed by atoms with E-state index in [4.69, 9.17) is 4.52 Å². The highest BCUT2D eigenvalue weighted by atomic mass is 32.1. The number of alkyl halides is 5. The van der Waals surface area contributed by atoms with Crippen LogP contribution in [0.15, 0.2) is 40.2 Å². The summed E-state index contributed by atoms with van der Waals surface area (Å²) in [4.78, 5) is 20.4. The molecule has 3 heterocycles. The summed E-state index contributed by atoms with van der Waals surface area (Å²) >= 11 is 1.03. The predicted octanol–water partition coefficient (Wildman–Crippen LogP) is 4.38. The van der Waals surface area contributed by atoms with Crippen LogP contribution in [-0.4, -0.2) is 58.6 Å². The van der Waals surface area contributed by atoms with Crippen LogP contribution >= 0.6 is 11.3 Å². The number of rotatable bonds is 6. The van der Waals surface area contributed by atoms with E-state index in [9.17, 15) is 26.7 Å². The van der Waals surface area contributed by atoms with Crippen molar-refractivity contribution >= 4 is 17.2 Å². The van der Waals surface area contributed by atoms with E-state index < -0.39 is 18.4 Å². The summed E-state index contributed by atoms with van der Waals surface area (Å²) in [6.45, 7) is -1.14. The lowest BCUT2D eigenvalue weighted by Gasteiger charge is -2.33. The van der Waals surface area contributed by atoms with Gasteiger partial charge in [0.25, 0.3) is 5.91 Å². The van der Waals surface area contributed by atoms with Crippen LogP contribution in [0.3, 0.4) is 0 Å². The van der Waals surface area contributed by atoms with Crippen molar-refractivity contribution in [1.82, 2.24) is 19.9 Å². The Bertz CT molecular complexity index is 1110. The van der Waals surface area contributed by atoms with Crippen molar-refractivity contribution < 1.29 is 36.0 Å². The Morgan fingerprint density at radius 3 is 2.64 bits per heavy atom. The second-order valence-corrected chi connectivity index (χ2v) is 8.07. The Balaban J connectivity index is 1.35. The quantitative estimate of drug-likeness (QED) is 0.480. The first-order valence-electron chi connectivity index (χ1n) is 9.75. The second-order valence-electron chi connectivity index (χ2n) is 7.15. The van der Waals surface area contributed by atoms with Gasteiger partial charge in [0, 0.05) is 31.7 Å². The van der Waals surface area contributed by atoms with Gasteiger partial charge in [0.05, 0.1) is 12.1 Å². The standard InChI is InChI=1S/C20H17F5N4O3S/c21-19(22)31-14-4-9-33-16(14)18(30)29-7-5-28(6-8-29)11-15-26-17(27-32-15)12-2-1-3-13(10-12)20(23,24)25/h1-4,9-10,19H,5-8,11H2. The smallest absolute Gasteiger partial charge is 0.416 e. The summed E-state index contributed by atoms with van der Waals surface area (Å²) in [6, 6.07) is 5.98. The molecular formula is C20H17F5N4O3S. The van der Waals surface area contributed by atoms with Crippen LogP contribution in [0.5, 0.6) is 5.75 Å². The fourth-order valence-electron chi connectivity index (χ4n) is 3.36. The Morgan fingerprint density at radius 1 is 1.18 bits per heavy atom. The Labute approximate surface area is 188 Å². The number of nitrogens with zero attached hydrogens (tertiary/aromatic N) is 4. The molecule has 3 aromatic rings. The lowest BCUT2D eigenvalue weighted by molar-refractivity contribution is -0.137. The van der Waals surface area contributed by atoms with Crippen molar-refractivity contribution in [3.63, 3.8) is 0 Å². The van der Waals surface area contributed by atoms with Gasteiger partial charge in [-0.1, -0.05) is 17.3 Å². The van der Waals surface area contributed by atoms with Gasteiger partial charge in [-0.15, -0.1) is 11.3 Å². The number of ether oxygens (including phenoxy) is 1. The number of carbonyl (C=O) groups excluding carboxylic acids is 1. The van der Waals surface area contributed by atoms with Crippen molar-refractivity contribution in [2.24, 2.45) is 0 Å². The van der Waals surface area contributed by atoms with E-state index in [0.29, 0.717) is 26.2 Å². The molecule has 0 atom stereocenters. The van der Waals surface area contributed by atoms with Crippen LogP contribution in [0, 0.1) is 0 Å². The van der Waals surface area contributed by atoms with Gasteiger partial charge in [0.1, 0.15) is 10.6 Å². The molecule has 0 saturated carbocycles. The highest BCUT2D eigenvalue weighted by Crippen LogP contribution is 2.32. The predicted molar refractivity (Wildman–Crippen MR) is 107 cm³/mol. The van der Waals surface area contributed by atoms with Gasteiger partial charge in [0.2, 0.25) is 11.7 Å². The van der Waals surface area contributed by atoms with E-state index >= 15 is 0 Å². The summed E-state index contributed by atoms with van der Waals surface area (Å²) in [7, 11) is 0. The molecule has 0 N–H and O–H groups in total. The molecule has 7 nitrogen and oxygen atoms in total. The molecule has 0 unspecified atom stereocenters. The SMILES string of the molecule is O=C(c1sccc1OC(F)F)N1CCN(Cc2nc(-c3cccc(C(F)(F)F)c3)no2)CC1. The molecule has 0 spiro atoms. The number of aromatic nitrogens is 2. The number of hydrogen-bond donors (Lipinski definition) is 0. The van der Waals surface area contributed by atoms with Crippen molar-refractivity contribution in [3.05, 3.63) is 52.0 Å². The molecule has 2 aromatic heterocycles. The topological polar surface area (TPSA) is 71.7 Å². The van der Waals surface area contributed by atoms with E-state index in [2.05, 4.69) is 14.9 Å². The molecule has 0 radical (unpaired) electrons. The first-order chi connectivity index (χ1) is 15.7. The highest BCUT2D eigenvalue weighted by Gasteiger charge is 2.31. The van der Waals surface area contributed by atoms with Crippen molar-refractivity contribution in [2.75, 3.05) is 26.2 Å². The minimum absolute atomic E-state index is 0.0502. The highest BCUT2D eigenvalue weighted by molar-refractivity contribution is 7.12. The molecular weight excluding hydrogens is 471 g/mol. The van der Waals surface area contributed by atoms with Gasteiger partial charge in [-0.25, -0.2) is 0 Å². The van der Waals surface area contributed by atoms with Gasteiger partial charge in [-0.2, -0.15) is 26.9 Å². The molecule has 1 aliphatic rings. The van der Waals surface area contributed by atoms with Crippen molar-refractivity contribution in [3.8, 4) is 17.1 Å². The largest absolute Gasteiger partial charge is 0.433 e. The minimum atomic E-state index is -4.48. The molecule has 1 aromatic carbocycles. The summed E-state index contributed by atoms with van der Waals surface area (Å²) in [5.41, 5.74) is -0.618. The maximum Gasteiger partial charge on any atom is 0.416 e. The average Bonchev–Trinajstić information content (AvgIpc) is 3.42. The second kappa shape index (κ2) is 9.43. The molecule has 1 saturated heterocycles. The first-order valence-corrected chi connectivity index (χ1v) is 10.6. The fourth-order valence-corrected chi connectivity index (χ4v) is 4.15. The van der Waals surface area contributed by atoms with Crippen molar-refractivity contribution in [2.45, 2.75) is 19.3 Å². The molecule has 33 heavy (non-hydrogen) atoms. The van der Waals surface area contributed by atoms with E-state index in [0.717, 1.165) is 23.5 Å². The normalized spacial score (nSPS) is 15.3. The van der Waals surface area contributed by atoms with Crippen LogP contribution in [0.1, 0.15) is 21.1 Å². The number of carbonyl (C=O) groups is 1. The van der Waals surface area contributed by atoms with Crippen LogP contribution < -0.4 is 4.74 Å². The van der Waals surface area contributed by atoms with Crippen LogP contribution in [0.2, 0.25) is 0 Å². The molecule has 13 heteroatoms. The molecule has 0 aliphatic carbocycles. The van der Waals surface area contributed by atoms with Gasteiger partial charge >= 0.3 is 12.8 Å². The molecule has 176 valence electrons. The van der Waals surface area contributed by atoms with Crippen LogP contribution in [0.25, 0.3) is 11.4 Å². The van der Waals surface area contributed by atoms with E-state index in [1.54, 1.807) is 4.90 Å². The summed E-state index contributed by atoms with van der Waals surface area (Å²) in [5, 5.41) is 5.28. The van der Waals surface area contributed by atoms with E-state index in [1.165, 1.54) is 23.6 Å². The molecule has 1 fully saturated rings. The Hall–Kier alpha value is -3.06. The van der Waals surface area contributed by atoms with E-state index in [1.807, 2.05) is 4.90 Å². The molecule has 1 amide bonds. The van der Waals surface area contributed by atoms with Crippen LogP contribution in [-0.2, 0) is 12.7 Å². The average molecular weight is 488 g/mol. The molecule has 4 rings (SSSR count). The van der Waals surface area contributed by atoms with Crippen LogP contribution in [0.4, 0.5) is 22.0 Å². The Morgan fingerprint density at radius 2 is 1.94 bits per heavy atom. The zero-order valence-electron chi connectivity index (χ0n) is 16.9. The monoisotopic (exact) mass is 488 g/mol. The third kappa shape index (κ3) is 5.47. The Kier molecular flexibility index (Phi) is 6.61. The lowest BCUT2D eigenvalue weighted by Crippen LogP contribution is -2.48. The number of piperazine rings is 1. The molecule has 1 aliphatic heterocycles. The third-order valence-electron chi connectivity index (χ3n) is 4.97. The maximum absolute atomic E-state index is 12.9. The van der Waals surface area contributed by atoms with Gasteiger partial charge in [0.15, 0.2) is 0 Å². The summed E-state index contributed by atoms with van der Waals surface area (Å²) in [5.74, 6) is -0.248. The number of amides is 1. The number of thiophene rings is 1. The van der Waals surface area contributed by atoms with Gasteiger partial charge < -0.3 is 14.2 Å². The summed E-state index contributed by atoms with van der Waals surface area (Å²) < 4.78 is 73.3. The lowest BCUT2D eigenvalue weighted by atomic mass is 10.1. The first kappa shape index (κ1) is 23.1.